The predicted molar refractivity (Wildman–Crippen MR) is 76.4 cm³/mol. The van der Waals surface area contributed by atoms with Gasteiger partial charge in [-0.1, -0.05) is 12.2 Å². The SMILES string of the molecule is CC(C)(C)OC(=O)NCC=Cc1ccc(OC(F)(F)F)cc1F. The summed E-state index contributed by atoms with van der Waals surface area (Å²) in [7, 11) is 0. The first-order valence-electron chi connectivity index (χ1n) is 6.65. The van der Waals surface area contributed by atoms with Gasteiger partial charge in [0.2, 0.25) is 0 Å². The number of hydrogen-bond donors (Lipinski definition) is 1. The highest BCUT2D eigenvalue weighted by Gasteiger charge is 2.31. The summed E-state index contributed by atoms with van der Waals surface area (Å²) in [5.74, 6) is -1.51. The van der Waals surface area contributed by atoms with Crippen LogP contribution in [0.4, 0.5) is 22.4 Å². The molecule has 0 saturated carbocycles. The predicted octanol–water partition coefficient (Wildman–Crippen LogP) is 4.26. The van der Waals surface area contributed by atoms with E-state index in [1.807, 2.05) is 0 Å². The van der Waals surface area contributed by atoms with Gasteiger partial charge in [0.25, 0.3) is 0 Å². The normalized spacial score (nSPS) is 12.3. The highest BCUT2D eigenvalue weighted by molar-refractivity contribution is 5.68. The number of nitrogens with one attached hydrogen (secondary N) is 1. The van der Waals surface area contributed by atoms with E-state index in [-0.39, 0.29) is 12.1 Å². The molecule has 128 valence electrons. The number of carbonyl (C=O) groups is 1. The molecule has 0 spiro atoms. The standard InChI is InChI=1S/C15H17F4NO3/c1-14(2,3)23-13(21)20-8-4-5-10-6-7-11(9-12(10)16)22-15(17,18)19/h4-7,9H,8H2,1-3H3,(H,20,21). The zero-order chi connectivity index (χ0) is 17.7. The molecule has 1 N–H and O–H groups in total. The second kappa shape index (κ2) is 7.34. The highest BCUT2D eigenvalue weighted by Crippen LogP contribution is 2.24. The Morgan fingerprint density at radius 2 is 1.91 bits per heavy atom. The molecule has 0 aliphatic rings. The summed E-state index contributed by atoms with van der Waals surface area (Å²) in [5.41, 5.74) is -0.570. The zero-order valence-corrected chi connectivity index (χ0v) is 12.8. The summed E-state index contributed by atoms with van der Waals surface area (Å²) < 4.78 is 58.2. The van der Waals surface area contributed by atoms with Crippen LogP contribution < -0.4 is 10.1 Å². The summed E-state index contributed by atoms with van der Waals surface area (Å²) in [5, 5.41) is 2.43. The smallest absolute Gasteiger partial charge is 0.444 e. The van der Waals surface area contributed by atoms with Crippen LogP contribution in [0, 0.1) is 5.82 Å². The maximum atomic E-state index is 13.6. The third-order valence-electron chi connectivity index (χ3n) is 2.27. The lowest BCUT2D eigenvalue weighted by Gasteiger charge is -2.19. The Hall–Kier alpha value is -2.25. The average Bonchev–Trinajstić information content (AvgIpc) is 2.32. The van der Waals surface area contributed by atoms with Crippen LogP contribution in [0.15, 0.2) is 24.3 Å². The van der Waals surface area contributed by atoms with E-state index < -0.39 is 29.6 Å². The first-order valence-corrected chi connectivity index (χ1v) is 6.65. The van der Waals surface area contributed by atoms with Crippen molar-refractivity contribution in [2.45, 2.75) is 32.7 Å². The van der Waals surface area contributed by atoms with Crippen molar-refractivity contribution in [2.24, 2.45) is 0 Å². The van der Waals surface area contributed by atoms with Gasteiger partial charge < -0.3 is 14.8 Å². The molecule has 0 fully saturated rings. The quantitative estimate of drug-likeness (QED) is 0.836. The first kappa shape index (κ1) is 18.8. The molecule has 0 aliphatic heterocycles. The van der Waals surface area contributed by atoms with Gasteiger partial charge in [-0.25, -0.2) is 9.18 Å². The summed E-state index contributed by atoms with van der Waals surface area (Å²) in [6, 6.07) is 2.77. The minimum atomic E-state index is -4.87. The lowest BCUT2D eigenvalue weighted by molar-refractivity contribution is -0.274. The van der Waals surface area contributed by atoms with Gasteiger partial charge in [0.15, 0.2) is 0 Å². The van der Waals surface area contributed by atoms with Gasteiger partial charge in [-0.05, 0) is 32.9 Å². The van der Waals surface area contributed by atoms with Crippen LogP contribution in [0.3, 0.4) is 0 Å². The van der Waals surface area contributed by atoms with E-state index in [0.29, 0.717) is 6.07 Å². The van der Waals surface area contributed by atoms with Crippen molar-refractivity contribution in [1.82, 2.24) is 5.32 Å². The van der Waals surface area contributed by atoms with Crippen LogP contribution in [0.5, 0.6) is 5.75 Å². The van der Waals surface area contributed by atoms with E-state index in [4.69, 9.17) is 4.74 Å². The molecule has 0 aromatic heterocycles. The Balaban J connectivity index is 2.56. The second-order valence-corrected chi connectivity index (χ2v) is 5.52. The molecule has 1 rings (SSSR count). The molecular weight excluding hydrogens is 318 g/mol. The van der Waals surface area contributed by atoms with E-state index in [9.17, 15) is 22.4 Å². The van der Waals surface area contributed by atoms with E-state index in [1.54, 1.807) is 20.8 Å². The van der Waals surface area contributed by atoms with Gasteiger partial charge in [-0.15, -0.1) is 13.2 Å². The van der Waals surface area contributed by atoms with Gasteiger partial charge >= 0.3 is 12.5 Å². The monoisotopic (exact) mass is 335 g/mol. The Kier molecular flexibility index (Phi) is 6.00. The number of alkyl halides is 3. The Labute approximate surface area is 131 Å². The topological polar surface area (TPSA) is 47.6 Å². The van der Waals surface area contributed by atoms with Crippen molar-refractivity contribution in [2.75, 3.05) is 6.54 Å². The average molecular weight is 335 g/mol. The van der Waals surface area contributed by atoms with Crippen LogP contribution in [-0.2, 0) is 4.74 Å². The second-order valence-electron chi connectivity index (χ2n) is 5.52. The molecule has 1 aromatic carbocycles. The summed E-state index contributed by atoms with van der Waals surface area (Å²) in [4.78, 5) is 11.4. The molecule has 0 heterocycles. The maximum Gasteiger partial charge on any atom is 0.573 e. The van der Waals surface area contributed by atoms with Crippen molar-refractivity contribution in [1.29, 1.82) is 0 Å². The van der Waals surface area contributed by atoms with Crippen LogP contribution >= 0.6 is 0 Å². The lowest BCUT2D eigenvalue weighted by atomic mass is 10.2. The molecular formula is C15H17F4NO3. The number of hydrogen-bond acceptors (Lipinski definition) is 3. The minimum absolute atomic E-state index is 0.0607. The van der Waals surface area contributed by atoms with E-state index in [2.05, 4.69) is 10.1 Å². The molecule has 1 aromatic rings. The molecule has 0 bridgehead atoms. The van der Waals surface area contributed by atoms with Crippen molar-refractivity contribution >= 4 is 12.2 Å². The zero-order valence-electron chi connectivity index (χ0n) is 12.8. The third kappa shape index (κ3) is 8.08. The Bertz CT molecular complexity index is 577. The molecule has 0 unspecified atom stereocenters. The fraction of sp³-hybridized carbons (Fsp3) is 0.400. The number of carbonyl (C=O) groups excluding carboxylic acids is 1. The largest absolute Gasteiger partial charge is 0.573 e. The first-order chi connectivity index (χ1) is 10.5. The van der Waals surface area contributed by atoms with E-state index in [1.165, 1.54) is 12.2 Å². The molecule has 0 atom stereocenters. The van der Waals surface area contributed by atoms with Gasteiger partial charge in [0, 0.05) is 18.2 Å². The fourth-order valence-corrected chi connectivity index (χ4v) is 1.48. The molecule has 0 saturated heterocycles. The highest BCUT2D eigenvalue weighted by atomic mass is 19.4. The van der Waals surface area contributed by atoms with Crippen molar-refractivity contribution in [3.8, 4) is 5.75 Å². The molecule has 0 aliphatic carbocycles. The van der Waals surface area contributed by atoms with Gasteiger partial charge in [0.05, 0.1) is 0 Å². The number of amides is 1. The molecule has 4 nitrogen and oxygen atoms in total. The van der Waals surface area contributed by atoms with Gasteiger partial charge in [-0.2, -0.15) is 0 Å². The number of alkyl carbamates (subject to hydrolysis) is 1. The van der Waals surface area contributed by atoms with Gasteiger partial charge in [0.1, 0.15) is 17.2 Å². The molecule has 0 radical (unpaired) electrons. The Morgan fingerprint density at radius 1 is 1.26 bits per heavy atom. The van der Waals surface area contributed by atoms with E-state index >= 15 is 0 Å². The lowest BCUT2D eigenvalue weighted by Crippen LogP contribution is -2.32. The number of rotatable bonds is 4. The van der Waals surface area contributed by atoms with Crippen LogP contribution in [-0.4, -0.2) is 24.6 Å². The summed E-state index contributed by atoms with van der Waals surface area (Å²) in [6.45, 7) is 5.21. The van der Waals surface area contributed by atoms with Gasteiger partial charge in [-0.3, -0.25) is 0 Å². The summed E-state index contributed by atoms with van der Waals surface area (Å²) >= 11 is 0. The number of halogens is 4. The third-order valence-corrected chi connectivity index (χ3v) is 2.27. The fourth-order valence-electron chi connectivity index (χ4n) is 1.48. The molecule has 8 heteroatoms. The van der Waals surface area contributed by atoms with Crippen LogP contribution in [0.1, 0.15) is 26.3 Å². The molecule has 1 amide bonds. The van der Waals surface area contributed by atoms with Crippen molar-refractivity contribution in [3.63, 3.8) is 0 Å². The minimum Gasteiger partial charge on any atom is -0.444 e. The van der Waals surface area contributed by atoms with Crippen molar-refractivity contribution < 1.29 is 31.8 Å². The summed E-state index contributed by atoms with van der Waals surface area (Å²) in [6.07, 6.45) is -2.74. The number of benzene rings is 1. The maximum absolute atomic E-state index is 13.6. The molecule has 23 heavy (non-hydrogen) atoms. The Morgan fingerprint density at radius 3 is 2.43 bits per heavy atom. The van der Waals surface area contributed by atoms with Crippen molar-refractivity contribution in [3.05, 3.63) is 35.7 Å². The number of ether oxygens (including phenoxy) is 2. The van der Waals surface area contributed by atoms with Crippen LogP contribution in [0.2, 0.25) is 0 Å². The van der Waals surface area contributed by atoms with E-state index in [0.717, 1.165) is 12.1 Å². The van der Waals surface area contributed by atoms with Crippen LogP contribution in [0.25, 0.3) is 6.08 Å².